The van der Waals surface area contributed by atoms with Gasteiger partial charge in [-0.1, -0.05) is 42.0 Å². The first-order valence-electron chi connectivity index (χ1n) is 6.84. The van der Waals surface area contributed by atoms with Gasteiger partial charge in [0.15, 0.2) is 0 Å². The van der Waals surface area contributed by atoms with Crippen LogP contribution in [0.1, 0.15) is 12.5 Å². The third-order valence-corrected chi connectivity index (χ3v) is 4.08. The highest BCUT2D eigenvalue weighted by molar-refractivity contribution is 7.96. The molecule has 0 aliphatic heterocycles. The van der Waals surface area contributed by atoms with Gasteiger partial charge in [-0.25, -0.2) is 0 Å². The lowest BCUT2D eigenvalue weighted by atomic mass is 9.98. The van der Waals surface area contributed by atoms with Crippen LogP contribution in [0.15, 0.2) is 42.5 Å². The van der Waals surface area contributed by atoms with Gasteiger partial charge in [-0.15, -0.1) is 0 Å². The first kappa shape index (κ1) is 19.8. The second-order valence-corrected chi connectivity index (χ2v) is 6.17. The van der Waals surface area contributed by atoms with Crippen molar-refractivity contribution in [1.29, 1.82) is 0 Å². The van der Waals surface area contributed by atoms with Gasteiger partial charge >= 0.3 is 0 Å². The summed E-state index contributed by atoms with van der Waals surface area (Å²) in [5, 5.41) is 0.702. The molecule has 2 N–H and O–H groups in total. The number of allylic oxidation sites excluding steroid dienone is 1. The molecule has 23 heavy (non-hydrogen) atoms. The van der Waals surface area contributed by atoms with Gasteiger partial charge in [-0.2, -0.15) is 13.5 Å². The van der Waals surface area contributed by atoms with Crippen LogP contribution in [0.3, 0.4) is 0 Å². The maximum absolute atomic E-state index is 6.41. The average molecular weight is 369 g/mol. The van der Waals surface area contributed by atoms with Crippen molar-refractivity contribution in [2.45, 2.75) is 6.92 Å². The van der Waals surface area contributed by atoms with Crippen LogP contribution in [-0.4, -0.2) is 14.2 Å². The Morgan fingerprint density at radius 1 is 1.17 bits per heavy atom. The molecule has 2 aromatic carbocycles. The summed E-state index contributed by atoms with van der Waals surface area (Å²) in [5.74, 6) is 0. The lowest BCUT2D eigenvalue weighted by Gasteiger charge is -2.22. The molecular formula is C17H21ClN2OS2. The first-order chi connectivity index (χ1) is 10.6. The molecule has 0 saturated carbocycles. The molecule has 3 nitrogen and oxygen atoms in total. The van der Waals surface area contributed by atoms with Crippen LogP contribution >= 0.6 is 37.3 Å². The van der Waals surface area contributed by atoms with Crippen LogP contribution in [-0.2, 0) is 4.18 Å². The van der Waals surface area contributed by atoms with E-state index in [-0.39, 0.29) is 13.5 Å². The maximum Gasteiger partial charge on any atom is 0.113 e. The van der Waals surface area contributed by atoms with Crippen molar-refractivity contribution < 1.29 is 4.18 Å². The van der Waals surface area contributed by atoms with Crippen LogP contribution in [0, 0.1) is 0 Å². The Kier molecular flexibility index (Phi) is 7.85. The van der Waals surface area contributed by atoms with E-state index < -0.39 is 0 Å². The Bertz CT molecular complexity index is 675. The van der Waals surface area contributed by atoms with Gasteiger partial charge in [0.25, 0.3) is 0 Å². The van der Waals surface area contributed by atoms with Gasteiger partial charge in [0.05, 0.1) is 12.8 Å². The molecule has 0 atom stereocenters. The lowest BCUT2D eigenvalue weighted by Crippen LogP contribution is -2.09. The Morgan fingerprint density at radius 2 is 1.83 bits per heavy atom. The summed E-state index contributed by atoms with van der Waals surface area (Å²) in [4.78, 5) is 0. The van der Waals surface area contributed by atoms with Crippen molar-refractivity contribution in [1.82, 2.24) is 0 Å². The van der Waals surface area contributed by atoms with E-state index in [4.69, 9.17) is 21.5 Å². The van der Waals surface area contributed by atoms with Crippen LogP contribution in [0.5, 0.6) is 0 Å². The standard InChI is InChI=1S/C17H19ClN2OS.H2S/c1-4-5-13-8-11-15(20(2)22-21-3)16(17(13)19)12-6-9-14(18)10-7-12;/h4-11H,19H2,1-3H3;1H2/b5-4-;. The Labute approximate surface area is 154 Å². The smallest absolute Gasteiger partial charge is 0.113 e. The second kappa shape index (κ2) is 9.13. The summed E-state index contributed by atoms with van der Waals surface area (Å²) in [6, 6.07) is 11.7. The van der Waals surface area contributed by atoms with Crippen molar-refractivity contribution in [3.8, 4) is 11.1 Å². The summed E-state index contributed by atoms with van der Waals surface area (Å²) < 4.78 is 7.10. The average Bonchev–Trinajstić information content (AvgIpc) is 2.50. The largest absolute Gasteiger partial charge is 0.398 e. The predicted octanol–water partition coefficient (Wildman–Crippen LogP) is 5.38. The zero-order chi connectivity index (χ0) is 16.1. The number of hydrogen-bond donors (Lipinski definition) is 1. The number of nitrogens with two attached hydrogens (primary N) is 1. The maximum atomic E-state index is 6.41. The number of rotatable bonds is 5. The van der Waals surface area contributed by atoms with Crippen molar-refractivity contribution in [3.05, 3.63) is 53.1 Å². The normalized spacial score (nSPS) is 10.6. The third kappa shape index (κ3) is 4.61. The molecule has 0 fully saturated rings. The predicted molar refractivity (Wildman–Crippen MR) is 109 cm³/mol. The monoisotopic (exact) mass is 368 g/mol. The Balaban J connectivity index is 0.00000264. The van der Waals surface area contributed by atoms with E-state index >= 15 is 0 Å². The lowest BCUT2D eigenvalue weighted by molar-refractivity contribution is 0.489. The zero-order valence-electron chi connectivity index (χ0n) is 13.3. The first-order valence-corrected chi connectivity index (χ1v) is 7.91. The molecule has 2 aromatic rings. The summed E-state index contributed by atoms with van der Waals surface area (Å²) in [5.41, 5.74) is 11.1. The molecule has 0 heterocycles. The molecular weight excluding hydrogens is 348 g/mol. The van der Waals surface area contributed by atoms with Crippen molar-refractivity contribution in [2.24, 2.45) is 0 Å². The van der Waals surface area contributed by atoms with E-state index in [9.17, 15) is 0 Å². The Morgan fingerprint density at radius 3 is 2.39 bits per heavy atom. The van der Waals surface area contributed by atoms with Crippen LogP contribution < -0.4 is 10.0 Å². The van der Waals surface area contributed by atoms with Gasteiger partial charge < -0.3 is 9.92 Å². The van der Waals surface area contributed by atoms with Crippen molar-refractivity contribution >= 4 is 54.8 Å². The second-order valence-electron chi connectivity index (χ2n) is 4.71. The molecule has 2 rings (SSSR count). The van der Waals surface area contributed by atoms with E-state index in [1.165, 1.54) is 12.2 Å². The highest BCUT2D eigenvalue weighted by atomic mass is 35.5. The molecule has 0 saturated heterocycles. The molecule has 0 spiro atoms. The number of benzene rings is 2. The minimum atomic E-state index is 0. The van der Waals surface area contributed by atoms with E-state index in [2.05, 4.69) is 0 Å². The highest BCUT2D eigenvalue weighted by Gasteiger charge is 2.15. The van der Waals surface area contributed by atoms with Gasteiger partial charge in [0.1, 0.15) is 12.2 Å². The minimum absolute atomic E-state index is 0. The van der Waals surface area contributed by atoms with Gasteiger partial charge in [-0.05, 0) is 36.2 Å². The zero-order valence-corrected chi connectivity index (χ0v) is 15.9. The van der Waals surface area contributed by atoms with Gasteiger partial charge in [-0.3, -0.25) is 4.31 Å². The highest BCUT2D eigenvalue weighted by Crippen LogP contribution is 2.40. The van der Waals surface area contributed by atoms with Gasteiger partial charge in [0, 0.05) is 23.3 Å². The minimum Gasteiger partial charge on any atom is -0.398 e. The molecule has 0 aliphatic rings. The van der Waals surface area contributed by atoms with E-state index in [0.29, 0.717) is 5.02 Å². The van der Waals surface area contributed by atoms with E-state index in [1.807, 2.05) is 66.8 Å². The molecule has 6 heteroatoms. The van der Waals surface area contributed by atoms with Crippen molar-refractivity contribution in [3.63, 3.8) is 0 Å². The summed E-state index contributed by atoms with van der Waals surface area (Å²) in [7, 11) is 3.58. The van der Waals surface area contributed by atoms with Crippen LogP contribution in [0.2, 0.25) is 5.02 Å². The molecule has 0 radical (unpaired) electrons. The third-order valence-electron chi connectivity index (χ3n) is 3.26. The van der Waals surface area contributed by atoms with E-state index in [1.54, 1.807) is 7.11 Å². The number of nitrogens with zero attached hydrogens (tertiary/aromatic N) is 1. The number of halogens is 1. The number of nitrogen functional groups attached to an aromatic ring is 1. The van der Waals surface area contributed by atoms with Crippen LogP contribution in [0.4, 0.5) is 11.4 Å². The summed E-state index contributed by atoms with van der Waals surface area (Å²) in [6.07, 6.45) is 3.98. The summed E-state index contributed by atoms with van der Waals surface area (Å²) in [6.45, 7) is 1.97. The molecule has 124 valence electrons. The summed E-state index contributed by atoms with van der Waals surface area (Å²) >= 11 is 7.25. The van der Waals surface area contributed by atoms with E-state index in [0.717, 1.165) is 28.1 Å². The quantitative estimate of drug-likeness (QED) is 0.436. The van der Waals surface area contributed by atoms with Gasteiger partial charge in [0.2, 0.25) is 0 Å². The fourth-order valence-electron chi connectivity index (χ4n) is 2.28. The molecule has 0 aliphatic carbocycles. The molecule has 0 bridgehead atoms. The van der Waals surface area contributed by atoms with Crippen LogP contribution in [0.25, 0.3) is 17.2 Å². The fraction of sp³-hybridized carbons (Fsp3) is 0.176. The molecule has 0 aromatic heterocycles. The fourth-order valence-corrected chi connectivity index (χ4v) is 2.87. The molecule has 0 unspecified atom stereocenters. The Hall–Kier alpha value is -1.27. The number of anilines is 2. The van der Waals surface area contributed by atoms with Crippen molar-refractivity contribution in [2.75, 3.05) is 24.2 Å². The SMILES string of the molecule is C/C=C\c1ccc(N(C)SOC)c(-c2ccc(Cl)cc2)c1N.S. The number of hydrogen-bond acceptors (Lipinski definition) is 4. The topological polar surface area (TPSA) is 38.5 Å². The molecule has 0 amide bonds.